The van der Waals surface area contributed by atoms with Crippen LogP contribution in [-0.4, -0.2) is 29.9 Å². The Bertz CT molecular complexity index is 369. The minimum atomic E-state index is -0.395. The van der Waals surface area contributed by atoms with E-state index in [1.165, 1.54) is 30.2 Å². The van der Waals surface area contributed by atoms with Crippen LogP contribution >= 0.6 is 23.1 Å². The van der Waals surface area contributed by atoms with Crippen LogP contribution in [0.2, 0.25) is 0 Å². The van der Waals surface area contributed by atoms with Crippen LogP contribution in [0, 0.1) is 6.92 Å². The fraction of sp³-hybridized carbons (Fsp3) is 0.500. The van der Waals surface area contributed by atoms with E-state index >= 15 is 0 Å². The van der Waals surface area contributed by atoms with E-state index < -0.39 is 5.25 Å². The zero-order chi connectivity index (χ0) is 12.1. The quantitative estimate of drug-likeness (QED) is 0.302. The molecular formula is C8H14N4O2S2. The average molecular weight is 262 g/mol. The van der Waals surface area contributed by atoms with Gasteiger partial charge >= 0.3 is 0 Å². The van der Waals surface area contributed by atoms with Crippen LogP contribution in [0.1, 0.15) is 5.69 Å². The van der Waals surface area contributed by atoms with Crippen molar-refractivity contribution in [1.29, 1.82) is 0 Å². The van der Waals surface area contributed by atoms with Crippen LogP contribution in [0.25, 0.3) is 0 Å². The molecule has 1 heterocycles. The number of ether oxygens (including phenoxy) is 1. The first-order valence-corrected chi connectivity index (χ1v) is 6.17. The van der Waals surface area contributed by atoms with Gasteiger partial charge in [0.2, 0.25) is 5.91 Å². The Morgan fingerprint density at radius 2 is 2.44 bits per heavy atom. The van der Waals surface area contributed by atoms with Crippen molar-refractivity contribution < 1.29 is 9.53 Å². The Morgan fingerprint density at radius 1 is 1.75 bits per heavy atom. The summed E-state index contributed by atoms with van der Waals surface area (Å²) in [4.78, 5) is 15.5. The van der Waals surface area contributed by atoms with Crippen LogP contribution in [0.3, 0.4) is 0 Å². The first-order valence-electron chi connectivity index (χ1n) is 4.47. The predicted octanol–water partition coefficient (Wildman–Crippen LogP) is 0.131. The number of nitrogens with two attached hydrogens (primary N) is 2. The molecule has 1 atom stereocenters. The van der Waals surface area contributed by atoms with Gasteiger partial charge in [-0.05, 0) is 6.92 Å². The molecule has 1 unspecified atom stereocenters. The van der Waals surface area contributed by atoms with Crippen LogP contribution in [-0.2, 0) is 9.53 Å². The lowest BCUT2D eigenvalue weighted by atomic mass is 10.4. The minimum Gasteiger partial charge on any atom is -0.383 e. The molecule has 0 saturated heterocycles. The molecule has 0 saturated carbocycles. The molecule has 0 spiro atoms. The van der Waals surface area contributed by atoms with Crippen LogP contribution in [0.4, 0.5) is 5.13 Å². The number of aromatic nitrogens is 1. The number of thioether (sulfide) groups is 1. The number of amides is 1. The van der Waals surface area contributed by atoms with Gasteiger partial charge in [0.15, 0.2) is 5.13 Å². The molecule has 1 rings (SSSR count). The number of hydrazine groups is 1. The van der Waals surface area contributed by atoms with Gasteiger partial charge in [-0.3, -0.25) is 10.2 Å². The molecule has 0 bridgehead atoms. The van der Waals surface area contributed by atoms with Gasteiger partial charge in [0.05, 0.1) is 16.5 Å². The van der Waals surface area contributed by atoms with Gasteiger partial charge in [-0.2, -0.15) is 0 Å². The molecule has 0 aliphatic heterocycles. The van der Waals surface area contributed by atoms with Crippen LogP contribution in [0.15, 0.2) is 4.21 Å². The summed E-state index contributed by atoms with van der Waals surface area (Å²) in [6, 6.07) is 0. The highest BCUT2D eigenvalue weighted by Crippen LogP contribution is 2.33. The maximum Gasteiger partial charge on any atom is 0.249 e. The summed E-state index contributed by atoms with van der Waals surface area (Å²) in [5.74, 6) is 4.82. The second-order valence-corrected chi connectivity index (χ2v) is 5.50. The largest absolute Gasteiger partial charge is 0.383 e. The molecule has 1 aromatic heterocycles. The molecule has 0 aliphatic rings. The molecule has 0 aliphatic carbocycles. The molecule has 8 heteroatoms. The predicted molar refractivity (Wildman–Crippen MR) is 65.1 cm³/mol. The Labute approximate surface area is 102 Å². The van der Waals surface area contributed by atoms with Gasteiger partial charge in [-0.25, -0.2) is 10.8 Å². The number of aryl methyl sites for hydroxylation is 1. The van der Waals surface area contributed by atoms with Crippen molar-refractivity contribution in [2.75, 3.05) is 19.5 Å². The number of hydrogen-bond acceptors (Lipinski definition) is 7. The maximum absolute atomic E-state index is 11.4. The van der Waals surface area contributed by atoms with Gasteiger partial charge in [-0.1, -0.05) is 23.1 Å². The smallest absolute Gasteiger partial charge is 0.249 e. The normalized spacial score (nSPS) is 12.4. The lowest BCUT2D eigenvalue weighted by Gasteiger charge is -2.12. The Balaban J connectivity index is 2.75. The van der Waals surface area contributed by atoms with Gasteiger partial charge in [0.1, 0.15) is 5.25 Å². The van der Waals surface area contributed by atoms with E-state index in [0.29, 0.717) is 5.13 Å². The number of carbonyl (C=O) groups is 1. The second-order valence-electron chi connectivity index (χ2n) is 3.00. The first-order chi connectivity index (χ1) is 7.58. The zero-order valence-electron chi connectivity index (χ0n) is 9.02. The van der Waals surface area contributed by atoms with Crippen molar-refractivity contribution in [1.82, 2.24) is 10.4 Å². The lowest BCUT2D eigenvalue weighted by molar-refractivity contribution is -0.121. The number of anilines is 1. The number of thiazole rings is 1. The zero-order valence-corrected chi connectivity index (χ0v) is 10.7. The highest BCUT2D eigenvalue weighted by atomic mass is 32.2. The van der Waals surface area contributed by atoms with E-state index in [2.05, 4.69) is 10.4 Å². The monoisotopic (exact) mass is 262 g/mol. The summed E-state index contributed by atoms with van der Waals surface area (Å²) < 4.78 is 5.87. The number of hydrogen-bond donors (Lipinski definition) is 3. The third-order valence-corrected chi connectivity index (χ3v) is 4.24. The highest BCUT2D eigenvalue weighted by molar-refractivity contribution is 8.02. The summed E-state index contributed by atoms with van der Waals surface area (Å²) in [6.07, 6.45) is 0. The van der Waals surface area contributed by atoms with E-state index in [1.807, 2.05) is 6.92 Å². The Hall–Kier alpha value is -0.830. The van der Waals surface area contributed by atoms with Gasteiger partial charge in [0.25, 0.3) is 0 Å². The topological polar surface area (TPSA) is 103 Å². The van der Waals surface area contributed by atoms with E-state index in [-0.39, 0.29) is 12.5 Å². The first kappa shape index (κ1) is 13.2. The maximum atomic E-state index is 11.4. The fourth-order valence-electron chi connectivity index (χ4n) is 1.05. The third kappa shape index (κ3) is 3.34. The van der Waals surface area contributed by atoms with Crippen molar-refractivity contribution in [2.24, 2.45) is 5.84 Å². The van der Waals surface area contributed by atoms with E-state index in [4.69, 9.17) is 16.3 Å². The standard InChI is InChI=1S/C8H14N4O2S2/c1-4-7(16-8(9)11-4)15-5(3-14-2)6(13)12-10/h5H,3,10H2,1-2H3,(H2,9,11)(H,12,13). The summed E-state index contributed by atoms with van der Waals surface area (Å²) in [5.41, 5.74) is 8.50. The van der Waals surface area contributed by atoms with Gasteiger partial charge in [0, 0.05) is 7.11 Å². The molecule has 0 aromatic carbocycles. The number of methoxy groups -OCH3 is 1. The molecule has 0 fully saturated rings. The van der Waals surface area contributed by atoms with E-state index in [0.717, 1.165) is 9.90 Å². The minimum absolute atomic E-state index is 0.279. The molecule has 6 nitrogen and oxygen atoms in total. The third-order valence-electron chi connectivity index (χ3n) is 1.77. The number of nitrogen functional groups attached to an aromatic ring is 1. The Kier molecular flexibility index (Phi) is 5.00. The van der Waals surface area contributed by atoms with E-state index in [1.54, 1.807) is 0 Å². The summed E-state index contributed by atoms with van der Waals surface area (Å²) in [6.45, 7) is 2.13. The van der Waals surface area contributed by atoms with Crippen molar-refractivity contribution in [3.63, 3.8) is 0 Å². The molecule has 5 N–H and O–H groups in total. The summed E-state index contributed by atoms with van der Waals surface area (Å²) in [5, 5.41) is 0.0953. The fourth-order valence-corrected chi connectivity index (χ4v) is 3.27. The number of rotatable bonds is 5. The summed E-state index contributed by atoms with van der Waals surface area (Å²) in [7, 11) is 1.53. The van der Waals surface area contributed by atoms with Crippen LogP contribution in [0.5, 0.6) is 0 Å². The van der Waals surface area contributed by atoms with Crippen molar-refractivity contribution in [2.45, 2.75) is 16.4 Å². The van der Waals surface area contributed by atoms with Gasteiger partial charge < -0.3 is 10.5 Å². The number of nitrogens with one attached hydrogen (secondary N) is 1. The highest BCUT2D eigenvalue weighted by Gasteiger charge is 2.21. The van der Waals surface area contributed by atoms with Crippen molar-refractivity contribution >= 4 is 34.1 Å². The van der Waals surface area contributed by atoms with E-state index in [9.17, 15) is 4.79 Å². The average Bonchev–Trinajstić information content (AvgIpc) is 2.55. The van der Waals surface area contributed by atoms with Crippen LogP contribution < -0.4 is 17.0 Å². The molecule has 1 amide bonds. The molecule has 90 valence electrons. The molecule has 16 heavy (non-hydrogen) atoms. The molecule has 0 radical (unpaired) electrons. The lowest BCUT2D eigenvalue weighted by Crippen LogP contribution is -2.39. The second kappa shape index (κ2) is 6.04. The summed E-state index contributed by atoms with van der Waals surface area (Å²) >= 11 is 2.70. The Morgan fingerprint density at radius 3 is 2.88 bits per heavy atom. The van der Waals surface area contributed by atoms with Crippen molar-refractivity contribution in [3.05, 3.63) is 5.69 Å². The molecule has 1 aromatic rings. The van der Waals surface area contributed by atoms with Crippen molar-refractivity contribution in [3.8, 4) is 0 Å². The van der Waals surface area contributed by atoms with Gasteiger partial charge in [-0.15, -0.1) is 0 Å². The number of nitrogens with zero attached hydrogens (tertiary/aromatic N) is 1. The number of carbonyl (C=O) groups excluding carboxylic acids is 1. The SMILES string of the molecule is COCC(Sc1sc(N)nc1C)C(=O)NN. The molecular weight excluding hydrogens is 248 g/mol.